The highest BCUT2D eigenvalue weighted by molar-refractivity contribution is 7.89. The molecule has 0 aromatic heterocycles. The zero-order valence-electron chi connectivity index (χ0n) is 8.41. The molecule has 0 aliphatic heterocycles. The van der Waals surface area contributed by atoms with Crippen molar-refractivity contribution in [3.05, 3.63) is 28.2 Å². The van der Waals surface area contributed by atoms with Gasteiger partial charge in [0, 0.05) is 11.6 Å². The predicted molar refractivity (Wildman–Crippen MR) is 64.4 cm³/mol. The van der Waals surface area contributed by atoms with Gasteiger partial charge in [0.25, 0.3) is 0 Å². The summed E-state index contributed by atoms with van der Waals surface area (Å²) >= 11 is 11.6. The molecule has 3 nitrogen and oxygen atoms in total. The summed E-state index contributed by atoms with van der Waals surface area (Å²) in [6.07, 6.45) is 2.18. The zero-order chi connectivity index (χ0) is 11.8. The van der Waals surface area contributed by atoms with E-state index in [4.69, 9.17) is 23.2 Å². The Morgan fingerprint density at radius 2 is 2.00 bits per heavy atom. The summed E-state index contributed by atoms with van der Waals surface area (Å²) in [6.45, 7) is 0.477. The van der Waals surface area contributed by atoms with E-state index >= 15 is 0 Å². The van der Waals surface area contributed by atoms with Crippen LogP contribution in [0.15, 0.2) is 23.1 Å². The average molecular weight is 280 g/mol. The molecule has 1 saturated carbocycles. The van der Waals surface area contributed by atoms with Gasteiger partial charge in [-0.2, -0.15) is 0 Å². The van der Waals surface area contributed by atoms with Crippen molar-refractivity contribution in [3.8, 4) is 0 Å². The molecule has 1 aromatic rings. The lowest BCUT2D eigenvalue weighted by Crippen LogP contribution is -2.26. The number of rotatable bonds is 4. The van der Waals surface area contributed by atoms with Crippen molar-refractivity contribution >= 4 is 33.2 Å². The molecular formula is C10H11Cl2NO2S. The van der Waals surface area contributed by atoms with Crippen LogP contribution in [0.5, 0.6) is 0 Å². The van der Waals surface area contributed by atoms with Crippen LogP contribution in [0.2, 0.25) is 10.0 Å². The maximum absolute atomic E-state index is 11.9. The second-order valence-corrected chi connectivity index (χ2v) is 6.45. The van der Waals surface area contributed by atoms with Crippen LogP contribution >= 0.6 is 23.2 Å². The largest absolute Gasteiger partial charge is 0.242 e. The number of hydrogen-bond acceptors (Lipinski definition) is 2. The van der Waals surface area contributed by atoms with Gasteiger partial charge in [-0.3, -0.25) is 0 Å². The monoisotopic (exact) mass is 279 g/mol. The Morgan fingerprint density at radius 1 is 1.31 bits per heavy atom. The molecule has 1 fully saturated rings. The normalized spacial score (nSPS) is 16.4. The second-order valence-electron chi connectivity index (χ2n) is 3.87. The highest BCUT2D eigenvalue weighted by Gasteiger charge is 2.25. The fourth-order valence-electron chi connectivity index (χ4n) is 1.31. The Labute approximate surface area is 105 Å². The minimum atomic E-state index is -3.53. The van der Waals surface area contributed by atoms with E-state index in [0.717, 1.165) is 12.8 Å². The van der Waals surface area contributed by atoms with E-state index in [1.54, 1.807) is 6.07 Å². The van der Waals surface area contributed by atoms with Gasteiger partial charge in [-0.05, 0) is 37.0 Å². The van der Waals surface area contributed by atoms with Crippen molar-refractivity contribution in [2.24, 2.45) is 5.92 Å². The lowest BCUT2D eigenvalue weighted by molar-refractivity contribution is 0.577. The van der Waals surface area contributed by atoms with Crippen LogP contribution in [0.25, 0.3) is 0 Å². The Bertz CT molecular complexity index is 498. The lowest BCUT2D eigenvalue weighted by Gasteiger charge is -2.07. The van der Waals surface area contributed by atoms with E-state index < -0.39 is 10.0 Å². The first kappa shape index (κ1) is 12.2. The van der Waals surface area contributed by atoms with Crippen molar-refractivity contribution in [2.45, 2.75) is 17.7 Å². The molecule has 88 valence electrons. The van der Waals surface area contributed by atoms with Crippen LogP contribution in [0.3, 0.4) is 0 Å². The molecule has 0 unspecified atom stereocenters. The summed E-state index contributed by atoms with van der Waals surface area (Å²) in [7, 11) is -3.53. The van der Waals surface area contributed by atoms with Crippen molar-refractivity contribution in [1.29, 1.82) is 0 Å². The maximum Gasteiger partial charge on any atom is 0.242 e. The van der Waals surface area contributed by atoms with Crippen molar-refractivity contribution < 1.29 is 8.42 Å². The van der Waals surface area contributed by atoms with Crippen LogP contribution < -0.4 is 4.72 Å². The third kappa shape index (κ3) is 2.88. The fourth-order valence-corrected chi connectivity index (χ4v) is 3.19. The molecule has 1 aromatic carbocycles. The van der Waals surface area contributed by atoms with E-state index in [9.17, 15) is 8.42 Å². The lowest BCUT2D eigenvalue weighted by atomic mass is 10.4. The molecule has 0 atom stereocenters. The molecule has 1 aliphatic carbocycles. The molecule has 0 spiro atoms. The standard InChI is InChI=1S/C10H11Cl2NO2S/c11-8-3-4-9(12)10(5-8)16(14,15)13-6-7-1-2-7/h3-5,7,13H,1-2,6H2. The quantitative estimate of drug-likeness (QED) is 0.921. The highest BCUT2D eigenvalue weighted by atomic mass is 35.5. The summed E-state index contributed by atoms with van der Waals surface area (Å²) in [5.41, 5.74) is 0. The molecule has 0 bridgehead atoms. The van der Waals surface area contributed by atoms with Gasteiger partial charge in [0.2, 0.25) is 10.0 Å². The summed E-state index contributed by atoms with van der Waals surface area (Å²) in [5.74, 6) is 0.479. The van der Waals surface area contributed by atoms with Crippen molar-refractivity contribution in [3.63, 3.8) is 0 Å². The zero-order valence-corrected chi connectivity index (χ0v) is 10.7. The molecule has 1 aliphatic rings. The van der Waals surface area contributed by atoms with Crippen LogP contribution in [-0.2, 0) is 10.0 Å². The van der Waals surface area contributed by atoms with E-state index in [0.29, 0.717) is 17.5 Å². The van der Waals surface area contributed by atoms with Crippen LogP contribution in [0.1, 0.15) is 12.8 Å². The molecule has 2 rings (SSSR count). The third-order valence-electron chi connectivity index (χ3n) is 2.44. The van der Waals surface area contributed by atoms with Gasteiger partial charge in [-0.25, -0.2) is 13.1 Å². The summed E-state index contributed by atoms with van der Waals surface area (Å²) in [5, 5.41) is 0.545. The minimum Gasteiger partial charge on any atom is -0.211 e. The first-order chi connectivity index (χ1) is 7.49. The molecule has 1 N–H and O–H groups in total. The number of hydrogen-bond donors (Lipinski definition) is 1. The third-order valence-corrected chi connectivity index (χ3v) is 4.58. The molecule has 0 heterocycles. The van der Waals surface area contributed by atoms with Gasteiger partial charge in [-0.1, -0.05) is 23.2 Å². The molecule has 6 heteroatoms. The van der Waals surface area contributed by atoms with Crippen molar-refractivity contribution in [2.75, 3.05) is 6.54 Å². The predicted octanol–water partition coefficient (Wildman–Crippen LogP) is 2.68. The van der Waals surface area contributed by atoms with E-state index in [-0.39, 0.29) is 9.92 Å². The molecule has 16 heavy (non-hydrogen) atoms. The fraction of sp³-hybridized carbons (Fsp3) is 0.400. The number of benzene rings is 1. The summed E-state index contributed by atoms with van der Waals surface area (Å²) in [4.78, 5) is 0.0438. The molecule has 0 radical (unpaired) electrons. The SMILES string of the molecule is O=S(=O)(NCC1CC1)c1cc(Cl)ccc1Cl. The Balaban J connectivity index is 2.22. The highest BCUT2D eigenvalue weighted by Crippen LogP contribution is 2.29. The molecular weight excluding hydrogens is 269 g/mol. The van der Waals surface area contributed by atoms with Gasteiger partial charge >= 0.3 is 0 Å². The van der Waals surface area contributed by atoms with Gasteiger partial charge < -0.3 is 0 Å². The first-order valence-electron chi connectivity index (χ1n) is 4.94. The summed E-state index contributed by atoms with van der Waals surface area (Å²) < 4.78 is 26.3. The number of nitrogens with one attached hydrogen (secondary N) is 1. The van der Waals surface area contributed by atoms with E-state index in [1.807, 2.05) is 0 Å². The second kappa shape index (κ2) is 4.53. The smallest absolute Gasteiger partial charge is 0.211 e. The number of halogens is 2. The number of sulfonamides is 1. The van der Waals surface area contributed by atoms with Crippen LogP contribution in [-0.4, -0.2) is 15.0 Å². The van der Waals surface area contributed by atoms with E-state index in [2.05, 4.69) is 4.72 Å². The van der Waals surface area contributed by atoms with Crippen LogP contribution in [0.4, 0.5) is 0 Å². The van der Waals surface area contributed by atoms with Gasteiger partial charge in [0.15, 0.2) is 0 Å². The van der Waals surface area contributed by atoms with Crippen molar-refractivity contribution in [1.82, 2.24) is 4.72 Å². The first-order valence-corrected chi connectivity index (χ1v) is 7.17. The molecule has 0 amide bonds. The van der Waals surface area contributed by atoms with E-state index in [1.165, 1.54) is 12.1 Å². The maximum atomic E-state index is 11.9. The Hall–Kier alpha value is -0.290. The Morgan fingerprint density at radius 3 is 2.62 bits per heavy atom. The van der Waals surface area contributed by atoms with Gasteiger partial charge in [0.1, 0.15) is 4.90 Å². The minimum absolute atomic E-state index is 0.0438. The summed E-state index contributed by atoms with van der Waals surface area (Å²) in [6, 6.07) is 4.40. The average Bonchev–Trinajstić information content (AvgIpc) is 3.02. The van der Waals surface area contributed by atoms with Gasteiger partial charge in [-0.15, -0.1) is 0 Å². The molecule has 0 saturated heterocycles. The topological polar surface area (TPSA) is 46.2 Å². The van der Waals surface area contributed by atoms with Crippen LogP contribution in [0, 0.1) is 5.92 Å². The Kier molecular flexibility index (Phi) is 3.45. The van der Waals surface area contributed by atoms with Gasteiger partial charge in [0.05, 0.1) is 5.02 Å².